The van der Waals surface area contributed by atoms with Crippen molar-refractivity contribution < 1.29 is 0 Å². The maximum Gasteiger partial charge on any atom is 0.0406 e. The van der Waals surface area contributed by atoms with E-state index in [9.17, 15) is 0 Å². The Morgan fingerprint density at radius 3 is 2.33 bits per heavy atom. The van der Waals surface area contributed by atoms with Crippen molar-refractivity contribution in [3.63, 3.8) is 0 Å². The number of halogens is 1. The molecule has 3 atom stereocenters. The highest BCUT2D eigenvalue weighted by Gasteiger charge is 2.53. The third kappa shape index (κ3) is 2.42. The number of hydrogen-bond acceptors (Lipinski definition) is 2. The Bertz CT molecular complexity index is 391. The fourth-order valence-corrected chi connectivity index (χ4v) is 3.95. The van der Waals surface area contributed by atoms with Gasteiger partial charge in [0.15, 0.2) is 0 Å². The van der Waals surface area contributed by atoms with E-state index in [1.165, 1.54) is 31.2 Å². The van der Waals surface area contributed by atoms with Crippen LogP contribution in [0.15, 0.2) is 24.3 Å². The van der Waals surface area contributed by atoms with Gasteiger partial charge >= 0.3 is 0 Å². The minimum absolute atomic E-state index is 0.430. The quantitative estimate of drug-likeness (QED) is 0.648. The Hall–Kier alpha value is -0.570. The first kappa shape index (κ1) is 12.5. The summed E-state index contributed by atoms with van der Waals surface area (Å²) in [4.78, 5) is 0. The van der Waals surface area contributed by atoms with Gasteiger partial charge in [0, 0.05) is 11.1 Å². The Labute approximate surface area is 114 Å². The maximum absolute atomic E-state index is 5.92. The van der Waals surface area contributed by atoms with E-state index < -0.39 is 0 Å². The molecule has 1 aromatic rings. The Morgan fingerprint density at radius 1 is 1.17 bits per heavy atom. The lowest BCUT2D eigenvalue weighted by molar-refractivity contribution is 0.437. The minimum atomic E-state index is 0.430. The lowest BCUT2D eigenvalue weighted by Gasteiger charge is -2.16. The summed E-state index contributed by atoms with van der Waals surface area (Å²) >= 11 is 5.92. The van der Waals surface area contributed by atoms with Crippen molar-refractivity contribution in [2.75, 3.05) is 0 Å². The Balaban J connectivity index is 1.65. The van der Waals surface area contributed by atoms with Crippen molar-refractivity contribution >= 4 is 11.6 Å². The molecule has 98 valence electrons. The normalized spacial score (nSPS) is 31.8. The second-order valence-electron chi connectivity index (χ2n) is 5.79. The van der Waals surface area contributed by atoms with Gasteiger partial charge in [0.25, 0.3) is 0 Å². The molecule has 0 amide bonds. The molecule has 2 saturated carbocycles. The third-order valence-electron chi connectivity index (χ3n) is 4.77. The molecule has 2 nitrogen and oxygen atoms in total. The fraction of sp³-hybridized carbons (Fsp3) is 0.600. The van der Waals surface area contributed by atoms with Crippen LogP contribution in [-0.4, -0.2) is 6.04 Å². The average Bonchev–Trinajstić information content (AvgIpc) is 3.12. The number of fused-ring (bicyclic) bond motifs is 1. The van der Waals surface area contributed by atoms with Gasteiger partial charge in [-0.25, -0.2) is 0 Å². The zero-order valence-corrected chi connectivity index (χ0v) is 11.4. The first-order valence-electron chi connectivity index (χ1n) is 7.00. The van der Waals surface area contributed by atoms with Crippen LogP contribution < -0.4 is 11.3 Å². The van der Waals surface area contributed by atoms with Crippen LogP contribution in [0.25, 0.3) is 0 Å². The topological polar surface area (TPSA) is 38.0 Å². The van der Waals surface area contributed by atoms with Crippen LogP contribution in [0, 0.1) is 17.8 Å². The summed E-state index contributed by atoms with van der Waals surface area (Å²) in [6.45, 7) is 0. The monoisotopic (exact) mass is 264 g/mol. The van der Waals surface area contributed by atoms with Crippen LogP contribution in [0.4, 0.5) is 0 Å². The van der Waals surface area contributed by atoms with Crippen LogP contribution in [0.5, 0.6) is 0 Å². The molecule has 0 spiro atoms. The second kappa shape index (κ2) is 5.20. The summed E-state index contributed by atoms with van der Waals surface area (Å²) in [6.07, 6.45) is 6.67. The van der Waals surface area contributed by atoms with Crippen LogP contribution in [-0.2, 0) is 6.42 Å². The Morgan fingerprint density at radius 2 is 1.78 bits per heavy atom. The van der Waals surface area contributed by atoms with Gasteiger partial charge in [-0.05, 0) is 54.7 Å². The highest BCUT2D eigenvalue weighted by molar-refractivity contribution is 6.30. The Kier molecular flexibility index (Phi) is 3.60. The molecule has 2 fully saturated rings. The second-order valence-corrected chi connectivity index (χ2v) is 6.23. The largest absolute Gasteiger partial charge is 0.271 e. The van der Waals surface area contributed by atoms with E-state index in [4.69, 9.17) is 17.4 Å². The summed E-state index contributed by atoms with van der Waals surface area (Å²) in [7, 11) is 0. The molecule has 1 aromatic carbocycles. The van der Waals surface area contributed by atoms with Gasteiger partial charge in [-0.2, -0.15) is 0 Å². The van der Waals surface area contributed by atoms with E-state index in [0.29, 0.717) is 6.04 Å². The lowest BCUT2D eigenvalue weighted by atomic mass is 10.0. The van der Waals surface area contributed by atoms with Gasteiger partial charge in [-0.15, -0.1) is 0 Å². The van der Waals surface area contributed by atoms with Crippen LogP contribution in [0.3, 0.4) is 0 Å². The van der Waals surface area contributed by atoms with Gasteiger partial charge in [-0.1, -0.05) is 36.6 Å². The number of nitrogens with two attached hydrogens (primary N) is 1. The van der Waals surface area contributed by atoms with Gasteiger partial charge in [0.2, 0.25) is 0 Å². The SMILES string of the molecule is NNC(Cc1ccc(Cl)cc1)C1C2CCCCC21. The molecular formula is C15H21ClN2. The van der Waals surface area contributed by atoms with E-state index in [1.807, 2.05) is 12.1 Å². The van der Waals surface area contributed by atoms with Crippen molar-refractivity contribution in [3.8, 4) is 0 Å². The lowest BCUT2D eigenvalue weighted by Crippen LogP contribution is -2.39. The number of nitrogens with one attached hydrogen (secondary N) is 1. The summed E-state index contributed by atoms with van der Waals surface area (Å²) in [6, 6.07) is 8.57. The molecule has 0 radical (unpaired) electrons. The number of hydrazine groups is 1. The molecule has 3 rings (SSSR count). The zero-order valence-electron chi connectivity index (χ0n) is 10.6. The van der Waals surface area contributed by atoms with E-state index in [1.54, 1.807) is 0 Å². The molecule has 0 aliphatic heterocycles. The van der Waals surface area contributed by atoms with Crippen molar-refractivity contribution in [1.29, 1.82) is 0 Å². The molecule has 0 saturated heterocycles. The molecule has 0 heterocycles. The highest BCUT2D eigenvalue weighted by atomic mass is 35.5. The van der Waals surface area contributed by atoms with E-state index in [0.717, 1.165) is 29.2 Å². The summed E-state index contributed by atoms with van der Waals surface area (Å²) in [5.74, 6) is 8.44. The number of benzene rings is 1. The molecule has 3 N–H and O–H groups in total. The summed E-state index contributed by atoms with van der Waals surface area (Å²) in [5, 5.41) is 0.802. The van der Waals surface area contributed by atoms with Crippen molar-refractivity contribution in [2.45, 2.75) is 38.1 Å². The van der Waals surface area contributed by atoms with E-state index in [2.05, 4.69) is 17.6 Å². The van der Waals surface area contributed by atoms with Crippen molar-refractivity contribution in [3.05, 3.63) is 34.9 Å². The van der Waals surface area contributed by atoms with Gasteiger partial charge in [-0.3, -0.25) is 11.3 Å². The number of hydrogen-bond donors (Lipinski definition) is 2. The van der Waals surface area contributed by atoms with Crippen molar-refractivity contribution in [1.82, 2.24) is 5.43 Å². The summed E-state index contributed by atoms with van der Waals surface area (Å²) in [5.41, 5.74) is 4.38. The smallest absolute Gasteiger partial charge is 0.0406 e. The third-order valence-corrected chi connectivity index (χ3v) is 5.02. The molecule has 0 bridgehead atoms. The van der Waals surface area contributed by atoms with Gasteiger partial charge in [0.05, 0.1) is 0 Å². The highest BCUT2D eigenvalue weighted by Crippen LogP contribution is 2.57. The fourth-order valence-electron chi connectivity index (χ4n) is 3.83. The van der Waals surface area contributed by atoms with Crippen molar-refractivity contribution in [2.24, 2.45) is 23.6 Å². The maximum atomic E-state index is 5.92. The predicted molar refractivity (Wildman–Crippen MR) is 75.2 cm³/mol. The first-order valence-corrected chi connectivity index (χ1v) is 7.38. The molecule has 3 heteroatoms. The van der Waals surface area contributed by atoms with Gasteiger partial charge < -0.3 is 0 Å². The van der Waals surface area contributed by atoms with E-state index in [-0.39, 0.29) is 0 Å². The standard InChI is InChI=1S/C15H21ClN2/c16-11-7-5-10(6-8-11)9-14(18-17)15-12-3-1-2-4-13(12)15/h5-8,12-15,18H,1-4,9,17H2. The van der Waals surface area contributed by atoms with Crippen LogP contribution >= 0.6 is 11.6 Å². The zero-order chi connectivity index (χ0) is 12.5. The van der Waals surface area contributed by atoms with Crippen LogP contribution in [0.1, 0.15) is 31.2 Å². The number of rotatable bonds is 4. The molecule has 18 heavy (non-hydrogen) atoms. The summed E-state index contributed by atoms with van der Waals surface area (Å²) < 4.78 is 0. The van der Waals surface area contributed by atoms with Crippen LogP contribution in [0.2, 0.25) is 5.02 Å². The molecule has 2 aliphatic carbocycles. The molecule has 0 aromatic heterocycles. The molecule has 3 unspecified atom stereocenters. The predicted octanol–water partition coefficient (Wildman–Crippen LogP) is 3.15. The minimum Gasteiger partial charge on any atom is -0.271 e. The van der Waals surface area contributed by atoms with E-state index >= 15 is 0 Å². The first-order chi connectivity index (χ1) is 8.79. The molecule has 2 aliphatic rings. The molecular weight excluding hydrogens is 244 g/mol. The van der Waals surface area contributed by atoms with Gasteiger partial charge in [0.1, 0.15) is 0 Å². The average molecular weight is 265 g/mol.